The lowest BCUT2D eigenvalue weighted by molar-refractivity contribution is -0.136. The summed E-state index contributed by atoms with van der Waals surface area (Å²) in [6.07, 6.45) is -4.39. The molecule has 0 saturated heterocycles. The van der Waals surface area contributed by atoms with Crippen molar-refractivity contribution < 1.29 is 13.2 Å². The minimum absolute atomic E-state index is 0.0155. The van der Waals surface area contributed by atoms with Crippen LogP contribution in [0.3, 0.4) is 0 Å². The summed E-state index contributed by atoms with van der Waals surface area (Å²) in [4.78, 5) is 4.37. The average molecular weight is 308 g/mol. The third-order valence-corrected chi connectivity index (χ3v) is 4.03. The molecule has 2 nitrogen and oxygen atoms in total. The number of halogens is 3. The van der Waals surface area contributed by atoms with Crippen LogP contribution in [0.1, 0.15) is 11.1 Å². The third-order valence-electron chi connectivity index (χ3n) is 3.09. The van der Waals surface area contributed by atoms with E-state index in [2.05, 4.69) is 10.3 Å². The van der Waals surface area contributed by atoms with E-state index in [1.807, 2.05) is 25.1 Å². The molecule has 108 valence electrons. The first-order valence-electron chi connectivity index (χ1n) is 6.24. The van der Waals surface area contributed by atoms with Gasteiger partial charge in [0.25, 0.3) is 0 Å². The number of aromatic nitrogens is 1. The fraction of sp³-hybridized carbons (Fsp3) is 0.133. The summed E-state index contributed by atoms with van der Waals surface area (Å²) >= 11 is 1.34. The Labute approximate surface area is 123 Å². The standard InChI is InChI=1S/C15H11F3N2S/c1-9-5-4-8-12-13(9)20-14(21-12)19-11-7-3-2-6-10(11)15(16,17)18/h2-8H,1H3,(H,19,20). The number of fused-ring (bicyclic) bond motifs is 1. The van der Waals surface area contributed by atoms with Crippen molar-refractivity contribution in [2.75, 3.05) is 5.32 Å². The maximum absolute atomic E-state index is 13.0. The highest BCUT2D eigenvalue weighted by Crippen LogP contribution is 2.37. The molecule has 0 spiro atoms. The molecule has 0 radical (unpaired) electrons. The second kappa shape index (κ2) is 5.04. The lowest BCUT2D eigenvalue weighted by Crippen LogP contribution is -2.08. The van der Waals surface area contributed by atoms with Crippen LogP contribution in [0.2, 0.25) is 0 Å². The Morgan fingerprint density at radius 1 is 1.05 bits per heavy atom. The van der Waals surface area contributed by atoms with Gasteiger partial charge < -0.3 is 5.32 Å². The number of benzene rings is 2. The van der Waals surface area contributed by atoms with Crippen molar-refractivity contribution in [3.63, 3.8) is 0 Å². The normalized spacial score (nSPS) is 11.8. The SMILES string of the molecule is Cc1cccc2sc(Nc3ccccc3C(F)(F)F)nc12. The van der Waals surface area contributed by atoms with E-state index in [4.69, 9.17) is 0 Å². The Bertz CT molecular complexity index is 793. The minimum Gasteiger partial charge on any atom is -0.331 e. The van der Waals surface area contributed by atoms with Gasteiger partial charge in [0, 0.05) is 0 Å². The van der Waals surface area contributed by atoms with Crippen molar-refractivity contribution in [3.05, 3.63) is 53.6 Å². The van der Waals surface area contributed by atoms with Gasteiger partial charge in [-0.25, -0.2) is 4.98 Å². The first kappa shape index (κ1) is 13.9. The van der Waals surface area contributed by atoms with E-state index in [9.17, 15) is 13.2 Å². The van der Waals surface area contributed by atoms with Gasteiger partial charge in [-0.2, -0.15) is 13.2 Å². The van der Waals surface area contributed by atoms with E-state index < -0.39 is 11.7 Å². The molecule has 0 atom stereocenters. The van der Waals surface area contributed by atoms with Crippen molar-refractivity contribution in [2.24, 2.45) is 0 Å². The van der Waals surface area contributed by atoms with Crippen LogP contribution in [0.5, 0.6) is 0 Å². The Kier molecular flexibility index (Phi) is 3.33. The van der Waals surface area contributed by atoms with E-state index in [1.54, 1.807) is 6.07 Å². The number of para-hydroxylation sites is 2. The molecule has 0 aliphatic heterocycles. The van der Waals surface area contributed by atoms with Crippen LogP contribution >= 0.6 is 11.3 Å². The number of hydrogen-bond donors (Lipinski definition) is 1. The number of nitrogens with zero attached hydrogens (tertiary/aromatic N) is 1. The molecule has 0 bridgehead atoms. The maximum Gasteiger partial charge on any atom is 0.418 e. The quantitative estimate of drug-likeness (QED) is 0.688. The van der Waals surface area contributed by atoms with Crippen LogP contribution in [0.25, 0.3) is 10.2 Å². The molecule has 0 amide bonds. The molecule has 0 saturated carbocycles. The highest BCUT2D eigenvalue weighted by Gasteiger charge is 2.33. The molecule has 0 fully saturated rings. The lowest BCUT2D eigenvalue weighted by atomic mass is 10.2. The zero-order chi connectivity index (χ0) is 15.0. The first-order chi connectivity index (χ1) is 9.95. The van der Waals surface area contributed by atoms with Crippen molar-refractivity contribution in [1.29, 1.82) is 0 Å². The molecule has 0 aliphatic carbocycles. The molecular formula is C15H11F3N2S. The Morgan fingerprint density at radius 3 is 2.52 bits per heavy atom. The summed E-state index contributed by atoms with van der Waals surface area (Å²) in [7, 11) is 0. The fourth-order valence-electron chi connectivity index (χ4n) is 2.09. The minimum atomic E-state index is -4.39. The predicted molar refractivity (Wildman–Crippen MR) is 79.1 cm³/mol. The van der Waals surface area contributed by atoms with E-state index in [0.717, 1.165) is 21.8 Å². The van der Waals surface area contributed by atoms with Crippen molar-refractivity contribution in [2.45, 2.75) is 13.1 Å². The zero-order valence-corrected chi connectivity index (χ0v) is 11.8. The fourth-order valence-corrected chi connectivity index (χ4v) is 3.05. The summed E-state index contributed by atoms with van der Waals surface area (Å²) in [5, 5.41) is 3.24. The number of thiazole rings is 1. The molecular weight excluding hydrogens is 297 g/mol. The number of aryl methyl sites for hydroxylation is 1. The van der Waals surface area contributed by atoms with Gasteiger partial charge in [-0.3, -0.25) is 0 Å². The molecule has 0 unspecified atom stereocenters. The van der Waals surface area contributed by atoms with Crippen molar-refractivity contribution >= 4 is 32.4 Å². The van der Waals surface area contributed by atoms with E-state index in [1.165, 1.54) is 23.5 Å². The average Bonchev–Trinajstić information content (AvgIpc) is 2.82. The van der Waals surface area contributed by atoms with Gasteiger partial charge >= 0.3 is 6.18 Å². The monoisotopic (exact) mass is 308 g/mol. The summed E-state index contributed by atoms with van der Waals surface area (Å²) in [5.41, 5.74) is 1.14. The van der Waals surface area contributed by atoms with Gasteiger partial charge in [0.15, 0.2) is 5.13 Å². The molecule has 1 heterocycles. The Morgan fingerprint density at radius 2 is 1.81 bits per heavy atom. The number of nitrogens with one attached hydrogen (secondary N) is 1. The second-order valence-corrected chi connectivity index (χ2v) is 5.64. The highest BCUT2D eigenvalue weighted by atomic mass is 32.1. The Hall–Kier alpha value is -2.08. The largest absolute Gasteiger partial charge is 0.418 e. The van der Waals surface area contributed by atoms with Crippen LogP contribution < -0.4 is 5.32 Å². The van der Waals surface area contributed by atoms with Gasteiger partial charge in [0.2, 0.25) is 0 Å². The van der Waals surface area contributed by atoms with Crippen molar-refractivity contribution in [1.82, 2.24) is 4.98 Å². The van der Waals surface area contributed by atoms with Crippen LogP contribution in [-0.4, -0.2) is 4.98 Å². The molecule has 1 N–H and O–H groups in total. The van der Waals surface area contributed by atoms with E-state index >= 15 is 0 Å². The van der Waals surface area contributed by atoms with Crippen LogP contribution in [0.15, 0.2) is 42.5 Å². The predicted octanol–water partition coefficient (Wildman–Crippen LogP) is 5.37. The molecule has 6 heteroatoms. The van der Waals surface area contributed by atoms with E-state index in [0.29, 0.717) is 5.13 Å². The van der Waals surface area contributed by atoms with Gasteiger partial charge in [-0.1, -0.05) is 35.6 Å². The number of rotatable bonds is 2. The summed E-state index contributed by atoms with van der Waals surface area (Å²) < 4.78 is 39.8. The second-order valence-electron chi connectivity index (χ2n) is 4.61. The molecule has 3 rings (SSSR count). The first-order valence-corrected chi connectivity index (χ1v) is 7.06. The van der Waals surface area contributed by atoms with Gasteiger partial charge in [0.05, 0.1) is 21.5 Å². The number of anilines is 2. The molecule has 0 aliphatic rings. The van der Waals surface area contributed by atoms with Crippen LogP contribution in [-0.2, 0) is 6.18 Å². The van der Waals surface area contributed by atoms with Gasteiger partial charge in [-0.05, 0) is 30.7 Å². The maximum atomic E-state index is 13.0. The third kappa shape index (κ3) is 2.71. The molecule has 3 aromatic rings. The summed E-state index contributed by atoms with van der Waals surface area (Å²) in [5.74, 6) is 0. The van der Waals surface area contributed by atoms with Gasteiger partial charge in [0.1, 0.15) is 0 Å². The van der Waals surface area contributed by atoms with Gasteiger partial charge in [-0.15, -0.1) is 0 Å². The molecule has 21 heavy (non-hydrogen) atoms. The number of hydrogen-bond acceptors (Lipinski definition) is 3. The summed E-state index contributed by atoms with van der Waals surface area (Å²) in [6, 6.07) is 11.1. The van der Waals surface area contributed by atoms with Crippen LogP contribution in [0, 0.1) is 6.92 Å². The molecule has 1 aromatic heterocycles. The van der Waals surface area contributed by atoms with Crippen LogP contribution in [0.4, 0.5) is 24.0 Å². The molecule has 2 aromatic carbocycles. The topological polar surface area (TPSA) is 24.9 Å². The lowest BCUT2D eigenvalue weighted by Gasteiger charge is -2.12. The number of alkyl halides is 3. The summed E-state index contributed by atoms with van der Waals surface area (Å²) in [6.45, 7) is 1.93. The zero-order valence-electron chi connectivity index (χ0n) is 11.0. The van der Waals surface area contributed by atoms with E-state index in [-0.39, 0.29) is 5.69 Å². The highest BCUT2D eigenvalue weighted by molar-refractivity contribution is 7.22. The Balaban J connectivity index is 2.01. The smallest absolute Gasteiger partial charge is 0.331 e. The van der Waals surface area contributed by atoms with Crippen molar-refractivity contribution in [3.8, 4) is 0 Å².